The van der Waals surface area contributed by atoms with Crippen molar-refractivity contribution in [2.24, 2.45) is 0 Å². The number of nitrogens with zero attached hydrogens (tertiary/aromatic N) is 3. The van der Waals surface area contributed by atoms with E-state index in [1.54, 1.807) is 0 Å². The van der Waals surface area contributed by atoms with Crippen molar-refractivity contribution in [3.63, 3.8) is 0 Å². The average molecular weight is 429 g/mol. The van der Waals surface area contributed by atoms with Gasteiger partial charge in [0.2, 0.25) is 5.91 Å². The smallest absolute Gasteiger partial charge is 0.239 e. The molecule has 1 atom stereocenters. The molecule has 0 bridgehead atoms. The predicted octanol–water partition coefficient (Wildman–Crippen LogP) is 3.10. The Morgan fingerprint density at radius 1 is 1.17 bits per heavy atom. The van der Waals surface area contributed by atoms with Crippen molar-refractivity contribution in [2.45, 2.75) is 50.2 Å². The van der Waals surface area contributed by atoms with Gasteiger partial charge in [-0.15, -0.1) is 12.4 Å². The topological polar surface area (TPSA) is 67.4 Å². The van der Waals surface area contributed by atoms with Gasteiger partial charge in [0, 0.05) is 24.8 Å². The van der Waals surface area contributed by atoms with Crippen LogP contribution in [0.3, 0.4) is 0 Å². The third kappa shape index (κ3) is 3.96. The molecule has 1 aromatic carbocycles. The molecule has 0 radical (unpaired) electrons. The van der Waals surface area contributed by atoms with Gasteiger partial charge in [0.1, 0.15) is 5.60 Å². The van der Waals surface area contributed by atoms with Crippen LogP contribution in [0.2, 0.25) is 0 Å². The van der Waals surface area contributed by atoms with Gasteiger partial charge in [0.15, 0.2) is 5.82 Å². The number of piperidine rings is 2. The zero-order chi connectivity index (χ0) is 19.7. The Kier molecular flexibility index (Phi) is 6.37. The minimum absolute atomic E-state index is 0. The summed E-state index contributed by atoms with van der Waals surface area (Å²) in [6, 6.07) is 10.1. The first-order valence-corrected chi connectivity index (χ1v) is 10.8. The number of halogens is 1. The fourth-order valence-electron chi connectivity index (χ4n) is 4.89. The van der Waals surface area contributed by atoms with E-state index in [0.29, 0.717) is 6.61 Å². The van der Waals surface area contributed by atoms with Crippen LogP contribution in [0.15, 0.2) is 36.5 Å². The number of nitrogens with one attached hydrogen (secondary N) is 1. The highest BCUT2D eigenvalue weighted by atomic mass is 35.5. The van der Waals surface area contributed by atoms with Crippen LogP contribution in [0.25, 0.3) is 11.4 Å². The van der Waals surface area contributed by atoms with Gasteiger partial charge in [0.05, 0.1) is 18.3 Å². The first-order chi connectivity index (χ1) is 14.3. The molecular weight excluding hydrogens is 400 g/mol. The van der Waals surface area contributed by atoms with Crippen molar-refractivity contribution < 1.29 is 9.53 Å². The number of fused-ring (bicyclic) bond motifs is 2. The van der Waals surface area contributed by atoms with Crippen molar-refractivity contribution in [3.8, 4) is 11.4 Å². The molecule has 7 heteroatoms. The van der Waals surface area contributed by atoms with Gasteiger partial charge in [-0.05, 0) is 44.2 Å². The first-order valence-electron chi connectivity index (χ1n) is 10.8. The molecule has 2 fully saturated rings. The van der Waals surface area contributed by atoms with E-state index in [0.717, 1.165) is 68.8 Å². The second-order valence-corrected chi connectivity index (χ2v) is 8.35. The lowest BCUT2D eigenvalue weighted by Crippen LogP contribution is -2.54. The molecule has 1 amide bonds. The second-order valence-electron chi connectivity index (χ2n) is 8.35. The van der Waals surface area contributed by atoms with E-state index < -0.39 is 5.60 Å². The van der Waals surface area contributed by atoms with Gasteiger partial charge in [-0.25, -0.2) is 9.97 Å². The number of hydrogen-bond acceptors (Lipinski definition) is 5. The summed E-state index contributed by atoms with van der Waals surface area (Å²) in [4.78, 5) is 24.5. The largest absolute Gasteiger partial charge is 0.368 e. The number of carbonyl (C=O) groups excluding carboxylic acids is 1. The van der Waals surface area contributed by atoms with Crippen molar-refractivity contribution in [2.75, 3.05) is 26.2 Å². The Morgan fingerprint density at radius 2 is 1.97 bits per heavy atom. The molecule has 4 heterocycles. The summed E-state index contributed by atoms with van der Waals surface area (Å²) in [5.74, 6) is 1.00. The molecule has 3 aliphatic heterocycles. The van der Waals surface area contributed by atoms with Crippen LogP contribution in [0.1, 0.15) is 43.4 Å². The molecule has 30 heavy (non-hydrogen) atoms. The van der Waals surface area contributed by atoms with Crippen LogP contribution in [0.5, 0.6) is 0 Å². The average Bonchev–Trinajstić information content (AvgIpc) is 2.80. The maximum atomic E-state index is 12.9. The summed E-state index contributed by atoms with van der Waals surface area (Å²) in [5.41, 5.74) is 2.84. The molecule has 1 N–H and O–H groups in total. The second kappa shape index (κ2) is 9.00. The Labute approximate surface area is 183 Å². The molecule has 0 saturated carbocycles. The van der Waals surface area contributed by atoms with Gasteiger partial charge >= 0.3 is 0 Å². The summed E-state index contributed by atoms with van der Waals surface area (Å²) in [5, 5.41) is 3.39. The van der Waals surface area contributed by atoms with E-state index in [4.69, 9.17) is 9.72 Å². The fraction of sp³-hybridized carbons (Fsp3) is 0.522. The molecule has 0 unspecified atom stereocenters. The van der Waals surface area contributed by atoms with Crippen molar-refractivity contribution in [3.05, 3.63) is 47.8 Å². The quantitative estimate of drug-likeness (QED) is 0.796. The highest BCUT2D eigenvalue weighted by Crippen LogP contribution is 2.41. The van der Waals surface area contributed by atoms with Crippen LogP contribution in [0.4, 0.5) is 0 Å². The van der Waals surface area contributed by atoms with Crippen molar-refractivity contribution >= 4 is 18.3 Å². The molecular formula is C23H29ClN4O2. The van der Waals surface area contributed by atoms with Crippen molar-refractivity contribution in [1.29, 1.82) is 0 Å². The Hall–Kier alpha value is -2.02. The van der Waals surface area contributed by atoms with Gasteiger partial charge < -0.3 is 15.0 Å². The van der Waals surface area contributed by atoms with E-state index in [1.165, 1.54) is 12.0 Å². The maximum absolute atomic E-state index is 12.9. The summed E-state index contributed by atoms with van der Waals surface area (Å²) in [6.45, 7) is 3.09. The van der Waals surface area contributed by atoms with Crippen LogP contribution < -0.4 is 5.32 Å². The SMILES string of the molecule is Cl.O=C([C@@H]1CCCCN1)N1CCC2(CC1)OCCc1cnc(-c3ccccc3)nc12. The molecule has 6 nitrogen and oxygen atoms in total. The molecule has 3 aliphatic rings. The number of aromatic nitrogens is 2. The van der Waals surface area contributed by atoms with Gasteiger partial charge in [-0.3, -0.25) is 4.79 Å². The number of rotatable bonds is 2. The number of ether oxygens (including phenoxy) is 1. The summed E-state index contributed by atoms with van der Waals surface area (Å²) in [7, 11) is 0. The van der Waals surface area contributed by atoms with E-state index in [2.05, 4.69) is 10.3 Å². The van der Waals surface area contributed by atoms with E-state index in [9.17, 15) is 4.79 Å². The molecule has 1 aromatic heterocycles. The molecule has 160 valence electrons. The van der Waals surface area contributed by atoms with Gasteiger partial charge in [-0.2, -0.15) is 0 Å². The standard InChI is InChI=1S/C23H28N4O2.ClH/c28-22(19-8-4-5-12-24-19)27-13-10-23(11-14-27)20-18(9-15-29-23)16-25-21(26-20)17-6-2-1-3-7-17;/h1-3,6-7,16,19,24H,4-5,8-15H2;1H/t19-;/m0./s1. The Morgan fingerprint density at radius 3 is 2.70 bits per heavy atom. The highest BCUT2D eigenvalue weighted by molar-refractivity contribution is 5.85. The van der Waals surface area contributed by atoms with Crippen LogP contribution in [0, 0.1) is 0 Å². The number of amides is 1. The van der Waals surface area contributed by atoms with Crippen LogP contribution >= 0.6 is 12.4 Å². The van der Waals surface area contributed by atoms with E-state index in [-0.39, 0.29) is 24.4 Å². The summed E-state index contributed by atoms with van der Waals surface area (Å²) >= 11 is 0. The molecule has 2 aromatic rings. The number of carbonyl (C=O) groups is 1. The monoisotopic (exact) mass is 428 g/mol. The fourth-order valence-corrected chi connectivity index (χ4v) is 4.89. The number of benzene rings is 1. The Balaban J connectivity index is 0.00000218. The highest BCUT2D eigenvalue weighted by Gasteiger charge is 2.44. The normalized spacial score (nSPS) is 22.8. The third-order valence-corrected chi connectivity index (χ3v) is 6.57. The van der Waals surface area contributed by atoms with Gasteiger partial charge in [0.25, 0.3) is 0 Å². The molecule has 1 spiro atoms. The zero-order valence-corrected chi connectivity index (χ0v) is 18.0. The first kappa shape index (κ1) is 21.2. The summed E-state index contributed by atoms with van der Waals surface area (Å²) in [6.07, 6.45) is 7.66. The molecule has 2 saturated heterocycles. The lowest BCUT2D eigenvalue weighted by atomic mass is 9.83. The Bertz CT molecular complexity index is 878. The third-order valence-electron chi connectivity index (χ3n) is 6.57. The zero-order valence-electron chi connectivity index (χ0n) is 17.2. The predicted molar refractivity (Wildman–Crippen MR) is 118 cm³/mol. The number of likely N-dealkylation sites (tertiary alicyclic amines) is 1. The molecule has 5 rings (SSSR count). The number of hydrogen-bond donors (Lipinski definition) is 1. The molecule has 0 aliphatic carbocycles. The van der Waals surface area contributed by atoms with Crippen LogP contribution in [-0.4, -0.2) is 53.1 Å². The van der Waals surface area contributed by atoms with Crippen LogP contribution in [-0.2, 0) is 21.6 Å². The maximum Gasteiger partial charge on any atom is 0.239 e. The van der Waals surface area contributed by atoms with Gasteiger partial charge in [-0.1, -0.05) is 36.8 Å². The lowest BCUT2D eigenvalue weighted by molar-refractivity contribution is -0.143. The minimum atomic E-state index is -0.392. The van der Waals surface area contributed by atoms with Crippen molar-refractivity contribution in [1.82, 2.24) is 20.2 Å². The lowest BCUT2D eigenvalue weighted by Gasteiger charge is -2.44. The summed E-state index contributed by atoms with van der Waals surface area (Å²) < 4.78 is 6.35. The van der Waals surface area contributed by atoms with E-state index in [1.807, 2.05) is 41.4 Å². The van der Waals surface area contributed by atoms with E-state index >= 15 is 0 Å². The minimum Gasteiger partial charge on any atom is -0.368 e.